The van der Waals surface area contributed by atoms with Crippen LogP contribution in [0, 0.1) is 17.6 Å². The summed E-state index contributed by atoms with van der Waals surface area (Å²) in [5.74, 6) is -2.69. The molecule has 1 heterocycles. The molecule has 0 bridgehead atoms. The minimum Gasteiger partial charge on any atom is -0.477 e. The molecule has 1 aromatic heterocycles. The van der Waals surface area contributed by atoms with Gasteiger partial charge in [0.15, 0.2) is 5.82 Å². The third-order valence-corrected chi connectivity index (χ3v) is 6.05. The van der Waals surface area contributed by atoms with Crippen LogP contribution in [-0.4, -0.2) is 28.7 Å². The second-order valence-electron chi connectivity index (χ2n) is 7.98. The lowest BCUT2D eigenvalue weighted by Crippen LogP contribution is -2.21. The van der Waals surface area contributed by atoms with E-state index in [4.69, 9.17) is 0 Å². The summed E-state index contributed by atoms with van der Waals surface area (Å²) in [5.41, 5.74) is -1.19. The van der Waals surface area contributed by atoms with Crippen LogP contribution in [0.5, 0.6) is 0 Å². The zero-order valence-electron chi connectivity index (χ0n) is 15.8. The molecule has 4 rings (SSSR count). The van der Waals surface area contributed by atoms with Crippen molar-refractivity contribution in [1.82, 2.24) is 9.88 Å². The number of nitrogens with one attached hydrogen (secondary N) is 1. The van der Waals surface area contributed by atoms with Crippen LogP contribution in [-0.2, 0) is 0 Å². The Morgan fingerprint density at radius 1 is 1.29 bits per heavy atom. The molecule has 2 aliphatic carbocycles. The molecule has 150 valence electrons. The van der Waals surface area contributed by atoms with Crippen LogP contribution in [0.4, 0.5) is 8.78 Å². The van der Waals surface area contributed by atoms with Crippen molar-refractivity contribution >= 4 is 16.9 Å². The van der Waals surface area contributed by atoms with Crippen molar-refractivity contribution in [2.24, 2.45) is 5.92 Å². The predicted octanol–water partition coefficient (Wildman–Crippen LogP) is 3.81. The summed E-state index contributed by atoms with van der Waals surface area (Å²) in [6, 6.07) is 0.998. The summed E-state index contributed by atoms with van der Waals surface area (Å²) in [7, 11) is 0. The maximum atomic E-state index is 15.6. The summed E-state index contributed by atoms with van der Waals surface area (Å²) in [4.78, 5) is 24.0. The number of fused-ring (bicyclic) bond motifs is 1. The van der Waals surface area contributed by atoms with E-state index in [1.54, 1.807) is 0 Å². The Morgan fingerprint density at radius 2 is 2.04 bits per heavy atom. The number of hydrogen-bond donors (Lipinski definition) is 2. The molecule has 5 nitrogen and oxygen atoms in total. The normalized spacial score (nSPS) is 22.1. The molecule has 2 aromatic rings. The summed E-state index contributed by atoms with van der Waals surface area (Å²) in [5, 5.41) is 12.4. The van der Waals surface area contributed by atoms with Crippen molar-refractivity contribution in [2.45, 2.75) is 51.0 Å². The monoisotopic (exact) mass is 390 g/mol. The molecule has 2 aliphatic rings. The Hall–Kier alpha value is -2.28. The van der Waals surface area contributed by atoms with Crippen LogP contribution in [0.3, 0.4) is 0 Å². The van der Waals surface area contributed by atoms with Crippen LogP contribution >= 0.6 is 0 Å². The lowest BCUT2D eigenvalue weighted by molar-refractivity contribution is 0.0694. The van der Waals surface area contributed by atoms with E-state index < -0.39 is 28.6 Å². The zero-order chi connectivity index (χ0) is 20.0. The van der Waals surface area contributed by atoms with Gasteiger partial charge >= 0.3 is 5.97 Å². The number of carbonyl (C=O) groups is 1. The number of benzene rings is 1. The van der Waals surface area contributed by atoms with Crippen molar-refractivity contribution in [3.05, 3.63) is 45.2 Å². The largest absolute Gasteiger partial charge is 0.477 e. The van der Waals surface area contributed by atoms with Crippen LogP contribution in [0.15, 0.2) is 17.1 Å². The third-order valence-electron chi connectivity index (χ3n) is 6.05. The molecule has 0 spiro atoms. The first kappa shape index (κ1) is 19.1. The Balaban J connectivity index is 1.84. The fourth-order valence-corrected chi connectivity index (χ4v) is 4.49. The highest BCUT2D eigenvalue weighted by atomic mass is 19.1. The van der Waals surface area contributed by atoms with Crippen LogP contribution in [0.25, 0.3) is 10.9 Å². The first-order valence-corrected chi connectivity index (χ1v) is 9.93. The van der Waals surface area contributed by atoms with Gasteiger partial charge in [0.1, 0.15) is 11.4 Å². The summed E-state index contributed by atoms with van der Waals surface area (Å²) >= 11 is 0. The van der Waals surface area contributed by atoms with E-state index in [0.717, 1.165) is 38.4 Å². The molecule has 0 radical (unpaired) electrons. The third kappa shape index (κ3) is 3.21. The fraction of sp³-hybridized carbons (Fsp3) is 0.524. The lowest BCUT2D eigenvalue weighted by Gasteiger charge is -2.18. The molecular formula is C21H24F2N2O3. The van der Waals surface area contributed by atoms with Gasteiger partial charge in [-0.05, 0) is 63.1 Å². The number of carboxylic acid groups (broad SMARTS) is 1. The quantitative estimate of drug-likeness (QED) is 0.787. The molecule has 2 saturated carbocycles. The van der Waals surface area contributed by atoms with Gasteiger partial charge in [0.05, 0.1) is 10.9 Å². The van der Waals surface area contributed by atoms with Crippen LogP contribution < -0.4 is 10.7 Å². The smallest absolute Gasteiger partial charge is 0.341 e. The predicted molar refractivity (Wildman–Crippen MR) is 102 cm³/mol. The van der Waals surface area contributed by atoms with E-state index in [1.165, 1.54) is 10.8 Å². The highest BCUT2D eigenvalue weighted by Gasteiger charge is 2.34. The maximum absolute atomic E-state index is 15.6. The minimum atomic E-state index is -1.38. The molecule has 0 aliphatic heterocycles. The standard InChI is InChI=1S/C21H24F2N2O3/c1-2-24-9-11-3-4-12(7-11)17-16(22)8-14-19(18(17)23)25(13-5-6-13)10-15(20(14)26)21(27)28/h8,10-13,24H,2-7,9H2,1H3,(H,27,28). The Bertz CT molecular complexity index is 998. The average Bonchev–Trinajstić information content (AvgIpc) is 3.39. The lowest BCUT2D eigenvalue weighted by atomic mass is 9.93. The van der Waals surface area contributed by atoms with Crippen molar-refractivity contribution in [3.8, 4) is 0 Å². The first-order chi connectivity index (χ1) is 13.4. The van der Waals surface area contributed by atoms with Gasteiger partial charge in [0.2, 0.25) is 5.43 Å². The topological polar surface area (TPSA) is 71.3 Å². The van der Waals surface area contributed by atoms with Gasteiger partial charge in [0.25, 0.3) is 0 Å². The van der Waals surface area contributed by atoms with Crippen molar-refractivity contribution < 1.29 is 18.7 Å². The fourth-order valence-electron chi connectivity index (χ4n) is 4.49. The summed E-state index contributed by atoms with van der Waals surface area (Å²) < 4.78 is 32.0. The molecule has 2 N–H and O–H groups in total. The van der Waals surface area contributed by atoms with Gasteiger partial charge in [-0.15, -0.1) is 0 Å². The number of rotatable bonds is 6. The Labute approximate surface area is 161 Å². The van der Waals surface area contributed by atoms with Crippen LogP contribution in [0.2, 0.25) is 0 Å². The number of hydrogen-bond acceptors (Lipinski definition) is 3. The second kappa shape index (κ2) is 7.28. The van der Waals surface area contributed by atoms with Gasteiger partial charge in [-0.25, -0.2) is 13.6 Å². The van der Waals surface area contributed by atoms with Crippen molar-refractivity contribution in [1.29, 1.82) is 0 Å². The SMILES string of the molecule is CCNCC1CCC(c2c(F)cc3c(=O)c(C(=O)O)cn(C4CC4)c3c2F)C1. The summed E-state index contributed by atoms with van der Waals surface area (Å²) in [6.45, 7) is 3.72. The number of halogens is 2. The molecule has 2 unspecified atom stereocenters. The second-order valence-corrected chi connectivity index (χ2v) is 7.98. The van der Waals surface area contributed by atoms with Crippen molar-refractivity contribution in [3.63, 3.8) is 0 Å². The zero-order valence-corrected chi connectivity index (χ0v) is 15.8. The van der Waals surface area contributed by atoms with Gasteiger partial charge < -0.3 is 15.0 Å². The Kier molecular flexibility index (Phi) is 4.95. The van der Waals surface area contributed by atoms with Gasteiger partial charge in [-0.2, -0.15) is 0 Å². The van der Waals surface area contributed by atoms with E-state index >= 15 is 4.39 Å². The number of pyridine rings is 1. The molecule has 2 atom stereocenters. The average molecular weight is 390 g/mol. The molecule has 28 heavy (non-hydrogen) atoms. The van der Waals surface area contributed by atoms with E-state index in [0.29, 0.717) is 18.8 Å². The minimum absolute atomic E-state index is 0.0425. The maximum Gasteiger partial charge on any atom is 0.341 e. The molecule has 0 saturated heterocycles. The van der Waals surface area contributed by atoms with Gasteiger partial charge in [0, 0.05) is 17.8 Å². The molecule has 1 aromatic carbocycles. The van der Waals surface area contributed by atoms with Crippen LogP contribution in [0.1, 0.15) is 66.9 Å². The van der Waals surface area contributed by atoms with Gasteiger partial charge in [-0.3, -0.25) is 4.79 Å². The highest BCUT2D eigenvalue weighted by Crippen LogP contribution is 2.43. The number of nitrogens with zero attached hydrogens (tertiary/aromatic N) is 1. The Morgan fingerprint density at radius 3 is 2.68 bits per heavy atom. The van der Waals surface area contributed by atoms with E-state index in [2.05, 4.69) is 5.32 Å². The van der Waals surface area contributed by atoms with E-state index in [-0.39, 0.29) is 28.4 Å². The molecule has 0 amide bonds. The number of aromatic nitrogens is 1. The van der Waals surface area contributed by atoms with E-state index in [1.807, 2.05) is 6.92 Å². The first-order valence-electron chi connectivity index (χ1n) is 9.93. The number of carboxylic acids is 1. The molecule has 7 heteroatoms. The molecular weight excluding hydrogens is 366 g/mol. The number of aromatic carboxylic acids is 1. The molecule has 2 fully saturated rings. The highest BCUT2D eigenvalue weighted by molar-refractivity contribution is 5.93. The van der Waals surface area contributed by atoms with Gasteiger partial charge in [-0.1, -0.05) is 6.92 Å². The van der Waals surface area contributed by atoms with Crippen molar-refractivity contribution in [2.75, 3.05) is 13.1 Å². The van der Waals surface area contributed by atoms with E-state index in [9.17, 15) is 19.1 Å². The summed E-state index contributed by atoms with van der Waals surface area (Å²) in [6.07, 6.45) is 5.11.